The van der Waals surface area contributed by atoms with Crippen LogP contribution in [0.4, 0.5) is 0 Å². The Balaban J connectivity index is 2.20. The molecule has 150 valence electrons. The molecular formula is C21H24BrNO5. The van der Waals surface area contributed by atoms with Crippen LogP contribution in [-0.4, -0.2) is 30.1 Å². The molecule has 0 spiro atoms. The van der Waals surface area contributed by atoms with Crippen molar-refractivity contribution in [1.29, 1.82) is 0 Å². The molecule has 0 amide bonds. The number of hydrogen-bond donors (Lipinski definition) is 2. The average Bonchev–Trinajstić information content (AvgIpc) is 2.62. The summed E-state index contributed by atoms with van der Waals surface area (Å²) in [5, 5.41) is 13.4. The van der Waals surface area contributed by atoms with Crippen molar-refractivity contribution in [3.63, 3.8) is 0 Å². The van der Waals surface area contributed by atoms with Crippen molar-refractivity contribution in [2.24, 2.45) is 5.92 Å². The molecule has 2 N–H and O–H groups in total. The molecule has 0 fully saturated rings. The van der Waals surface area contributed by atoms with E-state index in [1.165, 1.54) is 7.11 Å². The number of rotatable bonds is 4. The van der Waals surface area contributed by atoms with Crippen LogP contribution in [0.2, 0.25) is 0 Å². The maximum Gasteiger partial charge on any atom is 0.316 e. The number of aromatic hydroxyl groups is 1. The van der Waals surface area contributed by atoms with Gasteiger partial charge in [-0.3, -0.25) is 9.59 Å². The van der Waals surface area contributed by atoms with E-state index >= 15 is 0 Å². The van der Waals surface area contributed by atoms with Gasteiger partial charge in [-0.1, -0.05) is 6.58 Å². The van der Waals surface area contributed by atoms with Crippen molar-refractivity contribution < 1.29 is 24.2 Å². The average molecular weight is 450 g/mol. The maximum absolute atomic E-state index is 12.9. The summed E-state index contributed by atoms with van der Waals surface area (Å²) in [5.41, 5.74) is 2.58. The number of ketones is 1. The molecule has 28 heavy (non-hydrogen) atoms. The van der Waals surface area contributed by atoms with Crippen LogP contribution in [0, 0.1) is 5.92 Å². The minimum absolute atomic E-state index is 0.0109. The number of phenolic OH excluding ortho intramolecular Hbond substituents is 1. The number of allylic oxidation sites excluding steroid dienone is 2. The lowest BCUT2D eigenvalue weighted by atomic mass is 9.71. The number of ether oxygens (including phenoxy) is 2. The normalized spacial score (nSPS) is 22.0. The Bertz CT molecular complexity index is 874. The fourth-order valence-electron chi connectivity index (χ4n) is 3.87. The zero-order valence-corrected chi connectivity index (χ0v) is 17.8. The number of benzene rings is 1. The summed E-state index contributed by atoms with van der Waals surface area (Å²) >= 11 is 3.33. The van der Waals surface area contributed by atoms with Crippen LogP contribution in [0.15, 0.2) is 40.2 Å². The Hall–Kier alpha value is -2.28. The first kappa shape index (κ1) is 20.5. The number of phenols is 1. The number of halogens is 1. The topological polar surface area (TPSA) is 84.9 Å². The molecule has 1 aliphatic carbocycles. The van der Waals surface area contributed by atoms with Crippen LogP contribution in [0.5, 0.6) is 11.5 Å². The second-order valence-corrected chi connectivity index (χ2v) is 8.17. The van der Waals surface area contributed by atoms with E-state index in [2.05, 4.69) is 27.8 Å². The molecule has 2 atom stereocenters. The summed E-state index contributed by atoms with van der Waals surface area (Å²) < 4.78 is 11.2. The van der Waals surface area contributed by atoms with E-state index in [9.17, 15) is 14.7 Å². The van der Waals surface area contributed by atoms with Crippen molar-refractivity contribution in [3.8, 4) is 11.5 Å². The minimum Gasteiger partial charge on any atom is -0.503 e. The third-order valence-corrected chi connectivity index (χ3v) is 5.63. The summed E-state index contributed by atoms with van der Waals surface area (Å²) in [6.45, 7) is 7.61. The smallest absolute Gasteiger partial charge is 0.316 e. The molecule has 6 nitrogen and oxygen atoms in total. The van der Waals surface area contributed by atoms with Gasteiger partial charge in [0, 0.05) is 29.3 Å². The number of Topliss-reactive ketones (excluding diaryl/α,β-unsaturated/α-hetero) is 1. The van der Waals surface area contributed by atoms with Gasteiger partial charge in [0.05, 0.1) is 17.7 Å². The molecule has 0 radical (unpaired) electrons. The fourth-order valence-corrected chi connectivity index (χ4v) is 4.33. The van der Waals surface area contributed by atoms with Gasteiger partial charge in [0.1, 0.15) is 5.92 Å². The highest BCUT2D eigenvalue weighted by Crippen LogP contribution is 2.47. The molecule has 3 rings (SSSR count). The number of carbonyl (C=O) groups is 2. The quantitative estimate of drug-likeness (QED) is 0.677. The van der Waals surface area contributed by atoms with Crippen molar-refractivity contribution in [1.82, 2.24) is 5.32 Å². The monoisotopic (exact) mass is 449 g/mol. The third kappa shape index (κ3) is 3.68. The van der Waals surface area contributed by atoms with Crippen LogP contribution in [-0.2, 0) is 14.3 Å². The first-order chi connectivity index (χ1) is 13.2. The molecule has 0 bridgehead atoms. The zero-order chi connectivity index (χ0) is 20.6. The molecule has 1 aromatic carbocycles. The molecule has 2 aliphatic rings. The third-order valence-electron chi connectivity index (χ3n) is 5.02. The van der Waals surface area contributed by atoms with Gasteiger partial charge in [-0.25, -0.2) is 0 Å². The minimum atomic E-state index is -0.760. The van der Waals surface area contributed by atoms with Gasteiger partial charge in [0.15, 0.2) is 17.3 Å². The van der Waals surface area contributed by atoms with E-state index in [4.69, 9.17) is 9.47 Å². The van der Waals surface area contributed by atoms with Crippen LogP contribution in [0.1, 0.15) is 44.6 Å². The van der Waals surface area contributed by atoms with Gasteiger partial charge in [0.2, 0.25) is 0 Å². The Labute approximate surface area is 172 Å². The van der Waals surface area contributed by atoms with Gasteiger partial charge in [-0.15, -0.1) is 0 Å². The lowest BCUT2D eigenvalue weighted by Crippen LogP contribution is -2.41. The first-order valence-corrected chi connectivity index (χ1v) is 10.0. The Kier molecular flexibility index (Phi) is 5.84. The predicted octanol–water partition coefficient (Wildman–Crippen LogP) is 3.94. The molecule has 1 aliphatic heterocycles. The zero-order valence-electron chi connectivity index (χ0n) is 16.2. The lowest BCUT2D eigenvalue weighted by molar-refractivity contribution is -0.151. The Morgan fingerprint density at radius 2 is 2.07 bits per heavy atom. The van der Waals surface area contributed by atoms with Crippen LogP contribution in [0.3, 0.4) is 0 Å². The van der Waals surface area contributed by atoms with Crippen LogP contribution in [0.25, 0.3) is 0 Å². The van der Waals surface area contributed by atoms with Gasteiger partial charge in [-0.05, 0) is 60.3 Å². The van der Waals surface area contributed by atoms with E-state index < -0.39 is 17.8 Å². The van der Waals surface area contributed by atoms with E-state index in [0.717, 1.165) is 18.5 Å². The highest BCUT2D eigenvalue weighted by atomic mass is 79.9. The number of methoxy groups -OCH3 is 1. The summed E-state index contributed by atoms with van der Waals surface area (Å²) in [5.74, 6) is -1.53. The van der Waals surface area contributed by atoms with Gasteiger partial charge < -0.3 is 19.9 Å². The summed E-state index contributed by atoms with van der Waals surface area (Å²) in [6.07, 6.45) is 1.62. The van der Waals surface area contributed by atoms with Crippen LogP contribution >= 0.6 is 15.9 Å². The van der Waals surface area contributed by atoms with E-state index in [-0.39, 0.29) is 23.4 Å². The molecular weight excluding hydrogens is 426 g/mol. The van der Waals surface area contributed by atoms with E-state index in [1.807, 2.05) is 0 Å². The van der Waals surface area contributed by atoms with Crippen molar-refractivity contribution in [2.75, 3.05) is 7.11 Å². The van der Waals surface area contributed by atoms with E-state index in [1.54, 1.807) is 26.0 Å². The van der Waals surface area contributed by atoms with Gasteiger partial charge in [-0.2, -0.15) is 0 Å². The van der Waals surface area contributed by atoms with Crippen molar-refractivity contribution >= 4 is 27.7 Å². The lowest BCUT2D eigenvalue weighted by Gasteiger charge is -2.38. The number of nitrogens with one attached hydrogen (secondary N) is 1. The molecule has 2 unspecified atom stereocenters. The fraction of sp³-hybridized carbons (Fsp3) is 0.429. The highest BCUT2D eigenvalue weighted by molar-refractivity contribution is 9.10. The van der Waals surface area contributed by atoms with E-state index in [0.29, 0.717) is 27.7 Å². The number of carbonyl (C=O) groups excluding carboxylic acids is 2. The number of hydrogen-bond acceptors (Lipinski definition) is 6. The number of esters is 1. The van der Waals surface area contributed by atoms with Crippen LogP contribution < -0.4 is 10.1 Å². The maximum atomic E-state index is 12.9. The Morgan fingerprint density at radius 1 is 1.36 bits per heavy atom. The molecule has 0 saturated heterocycles. The summed E-state index contributed by atoms with van der Waals surface area (Å²) in [6, 6.07) is 3.37. The molecule has 1 aromatic rings. The molecule has 1 heterocycles. The highest BCUT2D eigenvalue weighted by Gasteiger charge is 2.44. The summed E-state index contributed by atoms with van der Waals surface area (Å²) in [4.78, 5) is 25.8. The molecule has 0 aromatic heterocycles. The molecule has 0 saturated carbocycles. The van der Waals surface area contributed by atoms with Crippen molar-refractivity contribution in [2.45, 2.75) is 45.1 Å². The first-order valence-electron chi connectivity index (χ1n) is 9.23. The second kappa shape index (κ2) is 7.99. The predicted molar refractivity (Wildman–Crippen MR) is 108 cm³/mol. The molecule has 7 heteroatoms. The van der Waals surface area contributed by atoms with Gasteiger partial charge in [0.25, 0.3) is 0 Å². The largest absolute Gasteiger partial charge is 0.503 e. The van der Waals surface area contributed by atoms with Gasteiger partial charge >= 0.3 is 5.97 Å². The summed E-state index contributed by atoms with van der Waals surface area (Å²) in [7, 11) is 1.45. The van der Waals surface area contributed by atoms with Crippen molar-refractivity contribution in [3.05, 3.63) is 45.7 Å². The standard InChI is InChI=1S/C21H24BrNO5/c1-10(2)28-21(26)17-11(3)23-14-6-5-7-15(24)19(14)18(17)12-8-13(22)20(25)16(9-12)27-4/h8-10,17-18,23,25H,3,5-7H2,1-2,4H3. The second-order valence-electron chi connectivity index (χ2n) is 7.31. The SMILES string of the molecule is C=C1NC2=C(C(=O)CCC2)C(c2cc(Br)c(O)c(OC)c2)C1C(=O)OC(C)C. The Morgan fingerprint density at radius 3 is 2.71 bits per heavy atom.